The number of ketones is 1. The normalized spacial score (nSPS) is 14.6. The van der Waals surface area contributed by atoms with E-state index in [4.69, 9.17) is 18.6 Å². The Morgan fingerprint density at radius 1 is 1.24 bits per heavy atom. The number of esters is 1. The summed E-state index contributed by atoms with van der Waals surface area (Å²) in [5, 5.41) is 0. The molecule has 1 aliphatic rings. The smallest absolute Gasteiger partial charge is 0.344 e. The standard InChI is InChI=1S/C19H18O6/c1-11(2)23-18(20)10-22-13-6-7-15-16(8-13)25-17(19(15)21)9-14-5-4-12(3)24-14/h4-9,11H,10H2,1-3H3/b17-9-. The van der Waals surface area contributed by atoms with E-state index in [9.17, 15) is 9.59 Å². The van der Waals surface area contributed by atoms with Gasteiger partial charge in [0.15, 0.2) is 12.4 Å². The zero-order chi connectivity index (χ0) is 18.0. The number of hydrogen-bond donors (Lipinski definition) is 0. The number of fused-ring (bicyclic) bond motifs is 1. The molecule has 1 aliphatic heterocycles. The molecule has 130 valence electrons. The fraction of sp³-hybridized carbons (Fsp3) is 0.263. The van der Waals surface area contributed by atoms with E-state index >= 15 is 0 Å². The maximum absolute atomic E-state index is 12.4. The van der Waals surface area contributed by atoms with Crippen LogP contribution in [0.3, 0.4) is 0 Å². The molecular formula is C19H18O6. The number of rotatable bonds is 5. The summed E-state index contributed by atoms with van der Waals surface area (Å²) in [7, 11) is 0. The lowest BCUT2D eigenvalue weighted by Crippen LogP contribution is -2.18. The second kappa shape index (κ2) is 6.84. The van der Waals surface area contributed by atoms with Crippen molar-refractivity contribution in [3.63, 3.8) is 0 Å². The van der Waals surface area contributed by atoms with Gasteiger partial charge in [0.2, 0.25) is 5.78 Å². The number of ether oxygens (including phenoxy) is 3. The minimum Gasteiger partial charge on any atom is -0.482 e. The van der Waals surface area contributed by atoms with Crippen LogP contribution in [0.5, 0.6) is 11.5 Å². The Bertz CT molecular complexity index is 843. The molecule has 0 unspecified atom stereocenters. The first kappa shape index (κ1) is 16.8. The lowest BCUT2D eigenvalue weighted by atomic mass is 10.1. The Morgan fingerprint density at radius 2 is 2.04 bits per heavy atom. The van der Waals surface area contributed by atoms with E-state index in [0.717, 1.165) is 5.76 Å². The van der Waals surface area contributed by atoms with E-state index in [1.54, 1.807) is 50.3 Å². The van der Waals surface area contributed by atoms with Crippen molar-refractivity contribution in [2.45, 2.75) is 26.9 Å². The average molecular weight is 342 g/mol. The molecule has 0 radical (unpaired) electrons. The van der Waals surface area contributed by atoms with Crippen LogP contribution < -0.4 is 9.47 Å². The predicted molar refractivity (Wildman–Crippen MR) is 89.5 cm³/mol. The van der Waals surface area contributed by atoms with Crippen molar-refractivity contribution >= 4 is 17.8 Å². The number of aryl methyl sites for hydroxylation is 1. The van der Waals surface area contributed by atoms with E-state index in [1.807, 2.05) is 6.92 Å². The number of carbonyl (C=O) groups excluding carboxylic acids is 2. The molecule has 1 aromatic heterocycles. The van der Waals surface area contributed by atoms with Crippen molar-refractivity contribution in [2.75, 3.05) is 6.61 Å². The molecule has 6 heteroatoms. The molecule has 25 heavy (non-hydrogen) atoms. The molecule has 0 aliphatic carbocycles. The van der Waals surface area contributed by atoms with Crippen molar-refractivity contribution in [1.29, 1.82) is 0 Å². The van der Waals surface area contributed by atoms with Gasteiger partial charge in [0, 0.05) is 12.1 Å². The number of Topliss-reactive ketones (excluding diaryl/α,β-unsaturated/α-hetero) is 1. The maximum atomic E-state index is 12.4. The first-order valence-corrected chi connectivity index (χ1v) is 7.89. The SMILES string of the molecule is Cc1ccc(/C=C2\Oc3cc(OCC(=O)OC(C)C)ccc3C2=O)o1. The Labute approximate surface area is 145 Å². The molecule has 6 nitrogen and oxygen atoms in total. The summed E-state index contributed by atoms with van der Waals surface area (Å²) >= 11 is 0. The topological polar surface area (TPSA) is 75.0 Å². The van der Waals surface area contributed by atoms with Crippen LogP contribution in [0, 0.1) is 6.92 Å². The van der Waals surface area contributed by atoms with Gasteiger partial charge in [0.05, 0.1) is 11.7 Å². The molecule has 2 aromatic rings. The minimum absolute atomic E-state index is 0.181. The summed E-state index contributed by atoms with van der Waals surface area (Å²) in [5.41, 5.74) is 0.437. The van der Waals surface area contributed by atoms with Gasteiger partial charge < -0.3 is 18.6 Å². The van der Waals surface area contributed by atoms with Crippen LogP contribution in [0.25, 0.3) is 6.08 Å². The van der Waals surface area contributed by atoms with Crippen LogP contribution in [0.4, 0.5) is 0 Å². The molecule has 3 rings (SSSR count). The van der Waals surface area contributed by atoms with E-state index in [0.29, 0.717) is 22.8 Å². The molecule has 0 N–H and O–H groups in total. The second-order valence-corrected chi connectivity index (χ2v) is 5.87. The number of carbonyl (C=O) groups is 2. The zero-order valence-corrected chi connectivity index (χ0v) is 14.2. The average Bonchev–Trinajstić information content (AvgIpc) is 3.09. The lowest BCUT2D eigenvalue weighted by Gasteiger charge is -2.09. The molecule has 0 atom stereocenters. The highest BCUT2D eigenvalue weighted by Crippen LogP contribution is 2.35. The zero-order valence-electron chi connectivity index (χ0n) is 14.2. The fourth-order valence-corrected chi connectivity index (χ4v) is 2.36. The first-order chi connectivity index (χ1) is 11.9. The summed E-state index contributed by atoms with van der Waals surface area (Å²) in [4.78, 5) is 23.9. The molecule has 1 aromatic carbocycles. The summed E-state index contributed by atoms with van der Waals surface area (Å²) in [6, 6.07) is 8.36. The highest BCUT2D eigenvalue weighted by molar-refractivity contribution is 6.14. The van der Waals surface area contributed by atoms with E-state index in [2.05, 4.69) is 0 Å². The van der Waals surface area contributed by atoms with Gasteiger partial charge >= 0.3 is 5.97 Å². The van der Waals surface area contributed by atoms with E-state index < -0.39 is 5.97 Å². The van der Waals surface area contributed by atoms with Crippen LogP contribution in [0.1, 0.15) is 35.7 Å². The van der Waals surface area contributed by atoms with Crippen molar-refractivity contribution in [3.05, 3.63) is 53.2 Å². The Kier molecular flexibility index (Phi) is 4.61. The molecule has 0 amide bonds. The van der Waals surface area contributed by atoms with E-state index in [-0.39, 0.29) is 24.3 Å². The third-order valence-corrected chi connectivity index (χ3v) is 3.40. The molecular weight excluding hydrogens is 324 g/mol. The first-order valence-electron chi connectivity index (χ1n) is 7.89. The van der Waals surface area contributed by atoms with Crippen LogP contribution in [-0.4, -0.2) is 24.5 Å². The summed E-state index contributed by atoms with van der Waals surface area (Å²) in [5.74, 6) is 1.59. The quantitative estimate of drug-likeness (QED) is 0.611. The van der Waals surface area contributed by atoms with Gasteiger partial charge in [-0.3, -0.25) is 4.79 Å². The Hall–Kier alpha value is -3.02. The van der Waals surface area contributed by atoms with Crippen molar-refractivity contribution in [2.24, 2.45) is 0 Å². The third-order valence-electron chi connectivity index (χ3n) is 3.40. The van der Waals surface area contributed by atoms with Crippen LogP contribution in [-0.2, 0) is 9.53 Å². The summed E-state index contributed by atoms with van der Waals surface area (Å²) in [6.07, 6.45) is 1.35. The molecule has 2 heterocycles. The third kappa shape index (κ3) is 3.91. The largest absolute Gasteiger partial charge is 0.482 e. The van der Waals surface area contributed by atoms with Crippen LogP contribution in [0.15, 0.2) is 40.5 Å². The van der Waals surface area contributed by atoms with Gasteiger partial charge in [-0.05, 0) is 45.0 Å². The number of benzene rings is 1. The van der Waals surface area contributed by atoms with Gasteiger partial charge in [-0.25, -0.2) is 4.79 Å². The number of hydrogen-bond acceptors (Lipinski definition) is 6. The highest BCUT2D eigenvalue weighted by Gasteiger charge is 2.28. The van der Waals surface area contributed by atoms with E-state index in [1.165, 1.54) is 0 Å². The van der Waals surface area contributed by atoms with Gasteiger partial charge in [0.25, 0.3) is 0 Å². The lowest BCUT2D eigenvalue weighted by molar-refractivity contribution is -0.149. The summed E-state index contributed by atoms with van der Waals surface area (Å²) < 4.78 is 21.4. The Balaban J connectivity index is 1.71. The summed E-state index contributed by atoms with van der Waals surface area (Å²) in [6.45, 7) is 5.14. The number of allylic oxidation sites excluding steroid dienone is 1. The molecule has 0 bridgehead atoms. The predicted octanol–water partition coefficient (Wildman–Crippen LogP) is 3.53. The van der Waals surface area contributed by atoms with Crippen LogP contribution >= 0.6 is 0 Å². The molecule has 0 spiro atoms. The molecule has 0 saturated heterocycles. The monoisotopic (exact) mass is 342 g/mol. The maximum Gasteiger partial charge on any atom is 0.344 e. The van der Waals surface area contributed by atoms with Gasteiger partial charge in [-0.2, -0.15) is 0 Å². The second-order valence-electron chi connectivity index (χ2n) is 5.87. The van der Waals surface area contributed by atoms with Crippen molar-refractivity contribution in [3.8, 4) is 11.5 Å². The highest BCUT2D eigenvalue weighted by atomic mass is 16.6. The van der Waals surface area contributed by atoms with Gasteiger partial charge in [-0.1, -0.05) is 0 Å². The number of furan rings is 1. The Morgan fingerprint density at radius 3 is 2.72 bits per heavy atom. The van der Waals surface area contributed by atoms with Gasteiger partial charge in [0.1, 0.15) is 23.0 Å². The van der Waals surface area contributed by atoms with Crippen molar-refractivity contribution in [1.82, 2.24) is 0 Å². The van der Waals surface area contributed by atoms with Gasteiger partial charge in [-0.15, -0.1) is 0 Å². The molecule has 0 saturated carbocycles. The van der Waals surface area contributed by atoms with Crippen LogP contribution in [0.2, 0.25) is 0 Å². The minimum atomic E-state index is -0.457. The van der Waals surface area contributed by atoms with Crippen molar-refractivity contribution < 1.29 is 28.2 Å². The fourth-order valence-electron chi connectivity index (χ4n) is 2.36. The molecule has 0 fully saturated rings.